The Morgan fingerprint density at radius 3 is 2.73 bits per heavy atom. The Kier molecular flexibility index (Phi) is 10.2. The minimum Gasteiger partial charge on any atom is -0.355 e. The molecule has 1 unspecified atom stereocenters. The molecule has 0 radical (unpaired) electrons. The van der Waals surface area contributed by atoms with Crippen LogP contribution < -0.4 is 10.6 Å². The maximum atomic E-state index is 11.3. The summed E-state index contributed by atoms with van der Waals surface area (Å²) in [7, 11) is 0. The van der Waals surface area contributed by atoms with Gasteiger partial charge in [-0.1, -0.05) is 13.8 Å². The molecule has 0 saturated carbocycles. The lowest BCUT2D eigenvalue weighted by atomic mass is 10.2. The fourth-order valence-corrected chi connectivity index (χ4v) is 1.91. The highest BCUT2D eigenvalue weighted by Crippen LogP contribution is 2.03. The number of hydrogen-bond acceptors (Lipinski definition) is 3. The van der Waals surface area contributed by atoms with Crippen molar-refractivity contribution in [3.63, 3.8) is 0 Å². The molecule has 0 aromatic rings. The maximum Gasteiger partial charge on any atom is 0.233 e. The van der Waals surface area contributed by atoms with Gasteiger partial charge in [-0.2, -0.15) is 11.8 Å². The molecule has 4 heteroatoms. The quantitative estimate of drug-likeness (QED) is 0.594. The normalized spacial score (nSPS) is 12.5. The first-order valence-electron chi connectivity index (χ1n) is 5.78. The summed E-state index contributed by atoms with van der Waals surface area (Å²) in [5, 5.41) is 6.07. The number of carbonyl (C=O) groups excluding carboxylic acids is 1. The summed E-state index contributed by atoms with van der Waals surface area (Å²) < 4.78 is 0. The molecule has 0 bridgehead atoms. The van der Waals surface area contributed by atoms with Crippen molar-refractivity contribution in [2.75, 3.05) is 24.6 Å². The molecule has 0 saturated heterocycles. The van der Waals surface area contributed by atoms with E-state index in [1.165, 1.54) is 11.5 Å². The summed E-state index contributed by atoms with van der Waals surface area (Å²) in [5.74, 6) is 2.44. The van der Waals surface area contributed by atoms with Crippen LogP contribution in [0.25, 0.3) is 0 Å². The van der Waals surface area contributed by atoms with Crippen molar-refractivity contribution in [3.05, 3.63) is 0 Å². The maximum absolute atomic E-state index is 11.3. The van der Waals surface area contributed by atoms with E-state index in [0.717, 1.165) is 19.4 Å². The highest BCUT2D eigenvalue weighted by atomic mass is 32.2. The number of rotatable bonds is 9. The van der Waals surface area contributed by atoms with Gasteiger partial charge in [0.05, 0.1) is 6.54 Å². The van der Waals surface area contributed by atoms with Crippen molar-refractivity contribution in [2.45, 2.75) is 39.7 Å². The van der Waals surface area contributed by atoms with Crippen LogP contribution in [0.5, 0.6) is 0 Å². The van der Waals surface area contributed by atoms with Crippen LogP contribution in [-0.4, -0.2) is 36.5 Å². The molecular weight excluding hydrogens is 208 g/mol. The van der Waals surface area contributed by atoms with E-state index >= 15 is 0 Å². The zero-order chi connectivity index (χ0) is 11.5. The van der Waals surface area contributed by atoms with E-state index < -0.39 is 0 Å². The molecular formula is C11H24N2OS. The Bertz CT molecular complexity index is 165. The molecule has 0 spiro atoms. The Hall–Kier alpha value is -0.220. The number of hydrogen-bond donors (Lipinski definition) is 2. The molecule has 2 N–H and O–H groups in total. The van der Waals surface area contributed by atoms with Crippen molar-refractivity contribution in [3.8, 4) is 0 Å². The second kappa shape index (κ2) is 10.3. The van der Waals surface area contributed by atoms with Gasteiger partial charge in [0, 0.05) is 12.6 Å². The second-order valence-electron chi connectivity index (χ2n) is 3.62. The van der Waals surface area contributed by atoms with Crippen LogP contribution in [0.1, 0.15) is 33.6 Å². The zero-order valence-corrected chi connectivity index (χ0v) is 11.0. The van der Waals surface area contributed by atoms with Crippen LogP contribution in [0.3, 0.4) is 0 Å². The summed E-state index contributed by atoms with van der Waals surface area (Å²) in [4.78, 5) is 11.3. The van der Waals surface area contributed by atoms with Gasteiger partial charge in [-0.3, -0.25) is 4.79 Å². The third kappa shape index (κ3) is 10.1. The standard InChI is InChI=1S/C11H24N2OS/c1-4-7-12-11(14)9-13-10(3)6-8-15-5-2/h10,13H,4-9H2,1-3H3,(H,12,14). The molecule has 1 atom stereocenters. The van der Waals surface area contributed by atoms with E-state index in [0.29, 0.717) is 12.6 Å². The van der Waals surface area contributed by atoms with Crippen molar-refractivity contribution < 1.29 is 4.79 Å². The first kappa shape index (κ1) is 14.8. The van der Waals surface area contributed by atoms with E-state index in [1.54, 1.807) is 0 Å². The van der Waals surface area contributed by atoms with Gasteiger partial charge in [0.15, 0.2) is 0 Å². The van der Waals surface area contributed by atoms with Gasteiger partial charge in [0.2, 0.25) is 5.91 Å². The average Bonchev–Trinajstić information content (AvgIpc) is 2.24. The Morgan fingerprint density at radius 2 is 2.13 bits per heavy atom. The minimum absolute atomic E-state index is 0.104. The minimum atomic E-state index is 0.104. The summed E-state index contributed by atoms with van der Waals surface area (Å²) in [6.45, 7) is 7.57. The molecule has 0 heterocycles. The summed E-state index contributed by atoms with van der Waals surface area (Å²) in [6, 6.07) is 0.427. The van der Waals surface area contributed by atoms with Gasteiger partial charge in [-0.15, -0.1) is 0 Å². The Morgan fingerprint density at radius 1 is 1.40 bits per heavy atom. The third-order valence-electron chi connectivity index (χ3n) is 2.08. The average molecular weight is 232 g/mol. The number of carbonyl (C=O) groups is 1. The molecule has 0 aliphatic rings. The van der Waals surface area contributed by atoms with E-state index in [2.05, 4.69) is 31.4 Å². The summed E-state index contributed by atoms with van der Waals surface area (Å²) in [5.41, 5.74) is 0. The van der Waals surface area contributed by atoms with Crippen molar-refractivity contribution in [2.24, 2.45) is 0 Å². The van der Waals surface area contributed by atoms with E-state index in [9.17, 15) is 4.79 Å². The topological polar surface area (TPSA) is 41.1 Å². The van der Waals surface area contributed by atoms with Gasteiger partial charge in [-0.05, 0) is 31.3 Å². The summed E-state index contributed by atoms with van der Waals surface area (Å²) in [6.07, 6.45) is 2.12. The van der Waals surface area contributed by atoms with Gasteiger partial charge in [-0.25, -0.2) is 0 Å². The number of amides is 1. The second-order valence-corrected chi connectivity index (χ2v) is 5.01. The Labute approximate surface area is 97.8 Å². The van der Waals surface area contributed by atoms with Crippen molar-refractivity contribution >= 4 is 17.7 Å². The highest BCUT2D eigenvalue weighted by Gasteiger charge is 2.04. The van der Waals surface area contributed by atoms with Crippen LogP contribution in [0, 0.1) is 0 Å². The van der Waals surface area contributed by atoms with Crippen LogP contribution in [0.4, 0.5) is 0 Å². The molecule has 0 fully saturated rings. The number of thioether (sulfide) groups is 1. The highest BCUT2D eigenvalue weighted by molar-refractivity contribution is 7.99. The molecule has 0 aliphatic carbocycles. The lowest BCUT2D eigenvalue weighted by Crippen LogP contribution is -2.38. The predicted molar refractivity (Wildman–Crippen MR) is 68.4 cm³/mol. The van der Waals surface area contributed by atoms with E-state index in [1.807, 2.05) is 11.8 Å². The molecule has 3 nitrogen and oxygen atoms in total. The van der Waals surface area contributed by atoms with Gasteiger partial charge >= 0.3 is 0 Å². The number of nitrogens with one attached hydrogen (secondary N) is 2. The van der Waals surface area contributed by atoms with Gasteiger partial charge in [0.25, 0.3) is 0 Å². The first-order valence-corrected chi connectivity index (χ1v) is 6.94. The van der Waals surface area contributed by atoms with Crippen LogP contribution in [0.2, 0.25) is 0 Å². The van der Waals surface area contributed by atoms with Gasteiger partial charge < -0.3 is 10.6 Å². The SMILES string of the molecule is CCCNC(=O)CNC(C)CCSCC. The predicted octanol–water partition coefficient (Wildman–Crippen LogP) is 1.63. The molecule has 0 rings (SSSR count). The monoisotopic (exact) mass is 232 g/mol. The summed E-state index contributed by atoms with van der Waals surface area (Å²) >= 11 is 1.94. The van der Waals surface area contributed by atoms with Gasteiger partial charge in [0.1, 0.15) is 0 Å². The lowest BCUT2D eigenvalue weighted by molar-refractivity contribution is -0.120. The van der Waals surface area contributed by atoms with Crippen molar-refractivity contribution in [1.29, 1.82) is 0 Å². The largest absolute Gasteiger partial charge is 0.355 e. The van der Waals surface area contributed by atoms with Crippen LogP contribution in [0.15, 0.2) is 0 Å². The Balaban J connectivity index is 3.36. The fraction of sp³-hybridized carbons (Fsp3) is 0.909. The fourth-order valence-electron chi connectivity index (χ4n) is 1.10. The molecule has 0 aromatic carbocycles. The smallest absolute Gasteiger partial charge is 0.233 e. The molecule has 90 valence electrons. The molecule has 0 aromatic heterocycles. The van der Waals surface area contributed by atoms with Crippen molar-refractivity contribution in [1.82, 2.24) is 10.6 Å². The molecule has 0 aliphatic heterocycles. The molecule has 15 heavy (non-hydrogen) atoms. The van der Waals surface area contributed by atoms with E-state index in [4.69, 9.17) is 0 Å². The lowest BCUT2D eigenvalue weighted by Gasteiger charge is -2.12. The van der Waals surface area contributed by atoms with E-state index in [-0.39, 0.29) is 5.91 Å². The third-order valence-corrected chi connectivity index (χ3v) is 3.02. The first-order chi connectivity index (χ1) is 7.20. The zero-order valence-electron chi connectivity index (χ0n) is 10.1. The van der Waals surface area contributed by atoms with Crippen LogP contribution >= 0.6 is 11.8 Å². The molecule has 1 amide bonds. The van der Waals surface area contributed by atoms with Crippen LogP contribution in [-0.2, 0) is 4.79 Å².